The average molecular weight is 262 g/mol. The van der Waals surface area contributed by atoms with Crippen LogP contribution in [0.15, 0.2) is 42.6 Å². The van der Waals surface area contributed by atoms with Gasteiger partial charge >= 0.3 is 0 Å². The van der Waals surface area contributed by atoms with Crippen molar-refractivity contribution in [2.45, 2.75) is 6.61 Å². The summed E-state index contributed by atoms with van der Waals surface area (Å²) in [7, 11) is -3.45. The van der Waals surface area contributed by atoms with Crippen molar-refractivity contribution < 1.29 is 12.6 Å². The van der Waals surface area contributed by atoms with Gasteiger partial charge in [0.1, 0.15) is 0 Å². The summed E-state index contributed by atoms with van der Waals surface area (Å²) >= 11 is 0. The smallest absolute Gasteiger partial charge is 0.264 e. The molecule has 0 bridgehead atoms. The number of benzene rings is 1. The highest BCUT2D eigenvalue weighted by Gasteiger charge is 2.08. The molecule has 0 saturated carbocycles. The summed E-state index contributed by atoms with van der Waals surface area (Å²) in [5, 5.41) is 0. The number of hydrogen-bond acceptors (Lipinski definition) is 4. The molecule has 1 heterocycles. The van der Waals surface area contributed by atoms with Crippen molar-refractivity contribution in [3.63, 3.8) is 0 Å². The second kappa shape index (κ2) is 5.29. The molecule has 0 aliphatic carbocycles. The fourth-order valence-corrected chi connectivity index (χ4v) is 1.90. The molecule has 93 valence electrons. The topological polar surface area (TPSA) is 56.3 Å². The van der Waals surface area contributed by atoms with Crippen molar-refractivity contribution in [3.05, 3.63) is 54.4 Å². The first-order valence-electron chi connectivity index (χ1n) is 5.31. The quantitative estimate of drug-likeness (QED) is 0.791. The molecular weight excluding hydrogens is 250 g/mol. The molecule has 4 nitrogen and oxygen atoms in total. The third-order valence-corrected chi connectivity index (χ3v) is 2.89. The van der Waals surface area contributed by atoms with Gasteiger partial charge in [-0.3, -0.25) is 9.17 Å². The number of aromatic nitrogens is 1. The van der Waals surface area contributed by atoms with E-state index in [4.69, 9.17) is 4.18 Å². The van der Waals surface area contributed by atoms with Gasteiger partial charge in [0.2, 0.25) is 0 Å². The minimum atomic E-state index is -3.45. The highest BCUT2D eigenvalue weighted by Crippen LogP contribution is 2.23. The van der Waals surface area contributed by atoms with Gasteiger partial charge in [-0.2, -0.15) is 8.42 Å². The molecule has 2 aromatic rings. The fraction of sp³-hybridized carbons (Fsp3) is 0.154. The zero-order valence-electron chi connectivity index (χ0n) is 9.83. The highest BCUT2D eigenvalue weighted by molar-refractivity contribution is 7.85. The second-order valence-electron chi connectivity index (χ2n) is 3.79. The van der Waals surface area contributed by atoms with Crippen LogP contribution >= 0.6 is 0 Å². The molecule has 0 unspecified atom stereocenters. The van der Waals surface area contributed by atoms with Crippen LogP contribution in [-0.4, -0.2) is 19.7 Å². The van der Waals surface area contributed by atoms with E-state index in [0.29, 0.717) is 0 Å². The summed E-state index contributed by atoms with van der Waals surface area (Å²) in [6.45, 7) is 0.0116. The molecule has 0 fully saturated rings. The minimum Gasteiger partial charge on any atom is -0.265 e. The van der Waals surface area contributed by atoms with E-state index in [1.165, 1.54) is 0 Å². The average Bonchev–Trinajstić information content (AvgIpc) is 2.37. The Kier molecular flexibility index (Phi) is 3.74. The van der Waals surface area contributed by atoms with E-state index < -0.39 is 10.1 Å². The maximum atomic E-state index is 11.0. The molecule has 0 aliphatic rings. The van der Waals surface area contributed by atoms with Gasteiger partial charge in [-0.15, -0.1) is 0 Å². The van der Waals surface area contributed by atoms with Crippen LogP contribution < -0.4 is 0 Å². The van der Waals surface area contributed by atoms with Gasteiger partial charge in [0.15, 0.2) is 0 Å². The van der Waals surface area contributed by atoms with Crippen LogP contribution in [0.4, 0.5) is 0 Å². The molecule has 0 aliphatic heterocycles. The molecule has 0 spiro atoms. The van der Waals surface area contributed by atoms with Crippen molar-refractivity contribution >= 4 is 10.1 Å². The van der Waals surface area contributed by atoms with Crippen LogP contribution in [0.1, 0.15) is 5.56 Å². The van der Waals surface area contributed by atoms with E-state index >= 15 is 0 Å². The Hall–Kier alpha value is -1.72. The van der Waals surface area contributed by atoms with Gasteiger partial charge in [-0.1, -0.05) is 30.3 Å². The molecule has 18 heavy (non-hydrogen) atoms. The molecule has 5 heteroatoms. The Morgan fingerprint density at radius 3 is 2.67 bits per heavy atom. The summed E-state index contributed by atoms with van der Waals surface area (Å²) in [5.74, 6) is 0. The van der Waals surface area contributed by atoms with Crippen molar-refractivity contribution in [1.82, 2.24) is 4.98 Å². The van der Waals surface area contributed by atoms with Crippen LogP contribution in [0.5, 0.6) is 0 Å². The first kappa shape index (κ1) is 12.7. The van der Waals surface area contributed by atoms with Crippen molar-refractivity contribution in [2.75, 3.05) is 6.26 Å². The molecule has 0 amide bonds. The summed E-state index contributed by atoms with van der Waals surface area (Å²) in [5.41, 5.74) is 2.46. The molecule has 0 saturated heterocycles. The van der Waals surface area contributed by atoms with Crippen molar-refractivity contribution in [1.29, 1.82) is 0 Å². The lowest BCUT2D eigenvalue weighted by Gasteiger charge is -2.08. The highest BCUT2D eigenvalue weighted by atomic mass is 32.2. The third-order valence-electron chi connectivity index (χ3n) is 2.34. The first-order chi connectivity index (χ1) is 8.56. The molecule has 1 aromatic carbocycles. The predicted octanol–water partition coefficient (Wildman–Crippen LogP) is 2.02. The number of pyridine rings is 1. The summed E-state index contributed by atoms with van der Waals surface area (Å²) in [6, 6.07) is 11.1. The van der Waals surface area contributed by atoms with Crippen LogP contribution in [0.25, 0.3) is 11.1 Å². The lowest BCUT2D eigenvalue weighted by molar-refractivity contribution is 0.312. The monoisotopic (exact) mass is 262 g/mol. The predicted molar refractivity (Wildman–Crippen MR) is 68.1 cm³/mol. The lowest BCUT2D eigenvalue weighted by atomic mass is 10.0. The SMILES string of the molecule is CS(=O)(=O)OCc1ccccc1-c1[c]nccc1. The van der Waals surface area contributed by atoms with Crippen LogP contribution in [0, 0.1) is 6.20 Å². The Bertz CT molecular complexity index is 624. The van der Waals surface area contributed by atoms with Crippen LogP contribution in [-0.2, 0) is 20.9 Å². The normalized spacial score (nSPS) is 11.4. The largest absolute Gasteiger partial charge is 0.265 e. The zero-order valence-corrected chi connectivity index (χ0v) is 10.6. The van der Waals surface area contributed by atoms with E-state index in [1.54, 1.807) is 12.3 Å². The first-order valence-corrected chi connectivity index (χ1v) is 7.13. The standard InChI is InChI=1S/C13H12NO3S/c1-18(15,16)17-10-12-5-2-3-7-13(12)11-6-4-8-14-9-11/h2-8H,10H2,1H3. The van der Waals surface area contributed by atoms with Gasteiger partial charge in [0.25, 0.3) is 10.1 Å². The van der Waals surface area contributed by atoms with E-state index in [2.05, 4.69) is 11.2 Å². The lowest BCUT2D eigenvalue weighted by Crippen LogP contribution is -2.03. The van der Waals surface area contributed by atoms with E-state index in [0.717, 1.165) is 22.9 Å². The summed E-state index contributed by atoms with van der Waals surface area (Å²) in [4.78, 5) is 3.93. The summed E-state index contributed by atoms with van der Waals surface area (Å²) in [6.07, 6.45) is 5.54. The van der Waals surface area contributed by atoms with E-state index in [9.17, 15) is 8.42 Å². The van der Waals surface area contributed by atoms with Crippen LogP contribution in [0.3, 0.4) is 0 Å². The number of hydrogen-bond donors (Lipinski definition) is 0. The Balaban J connectivity index is 2.32. The van der Waals surface area contributed by atoms with Gasteiger partial charge < -0.3 is 0 Å². The summed E-state index contributed by atoms with van der Waals surface area (Å²) < 4.78 is 26.8. The van der Waals surface area contributed by atoms with Crippen molar-refractivity contribution in [3.8, 4) is 11.1 Å². The molecule has 1 aromatic heterocycles. The van der Waals surface area contributed by atoms with Gasteiger partial charge in [-0.05, 0) is 17.2 Å². The molecular formula is C13H12NO3S. The molecule has 0 atom stereocenters. The van der Waals surface area contributed by atoms with Gasteiger partial charge in [-0.25, -0.2) is 0 Å². The maximum absolute atomic E-state index is 11.0. The Labute approximate surface area is 106 Å². The van der Waals surface area contributed by atoms with E-state index in [-0.39, 0.29) is 6.61 Å². The Morgan fingerprint density at radius 1 is 1.22 bits per heavy atom. The fourth-order valence-electron chi connectivity index (χ4n) is 1.56. The minimum absolute atomic E-state index is 0.0116. The molecule has 1 radical (unpaired) electrons. The maximum Gasteiger partial charge on any atom is 0.264 e. The molecule has 2 rings (SSSR count). The zero-order chi connectivity index (χ0) is 13.0. The van der Waals surface area contributed by atoms with Crippen molar-refractivity contribution in [2.24, 2.45) is 0 Å². The van der Waals surface area contributed by atoms with Gasteiger partial charge in [0, 0.05) is 11.8 Å². The molecule has 0 N–H and O–H groups in total. The Morgan fingerprint density at radius 2 is 2.00 bits per heavy atom. The third kappa shape index (κ3) is 3.38. The second-order valence-corrected chi connectivity index (χ2v) is 5.43. The van der Waals surface area contributed by atoms with E-state index in [1.807, 2.05) is 30.3 Å². The number of rotatable bonds is 4. The number of nitrogens with zero attached hydrogens (tertiary/aromatic N) is 1. The van der Waals surface area contributed by atoms with Gasteiger partial charge in [0.05, 0.1) is 19.1 Å². The van der Waals surface area contributed by atoms with Crippen LogP contribution in [0.2, 0.25) is 0 Å².